The Morgan fingerprint density at radius 3 is 2.56 bits per heavy atom. The minimum atomic E-state index is -4.48. The number of carbonyl (C=O) groups is 1. The number of halogens is 3. The quantitative estimate of drug-likeness (QED) is 0.770. The van der Waals surface area contributed by atoms with E-state index in [-0.39, 0.29) is 24.5 Å². The van der Waals surface area contributed by atoms with Crippen molar-refractivity contribution in [1.29, 1.82) is 0 Å². The number of hydrogen-bond donors (Lipinski definition) is 1. The van der Waals surface area contributed by atoms with Gasteiger partial charge < -0.3 is 10.1 Å². The average molecular weight is 381 g/mol. The number of benzene rings is 1. The van der Waals surface area contributed by atoms with E-state index in [4.69, 9.17) is 4.74 Å². The molecular weight excluding hydrogens is 359 g/mol. The normalized spacial score (nSPS) is 19.5. The maximum atomic E-state index is 13.6. The first kappa shape index (κ1) is 19.3. The highest BCUT2D eigenvalue weighted by molar-refractivity contribution is 5.88. The second-order valence-corrected chi connectivity index (χ2v) is 6.89. The second-order valence-electron chi connectivity index (χ2n) is 6.89. The van der Waals surface area contributed by atoms with Gasteiger partial charge in [0.15, 0.2) is 11.7 Å². The molecule has 1 aliphatic rings. The lowest BCUT2D eigenvalue weighted by atomic mass is 9.94. The fourth-order valence-electron chi connectivity index (χ4n) is 3.21. The number of anilines is 1. The molecule has 0 unspecified atom stereocenters. The molecule has 2 heterocycles. The monoisotopic (exact) mass is 381 g/mol. The highest BCUT2D eigenvalue weighted by Gasteiger charge is 2.46. The Balaban J connectivity index is 1.94. The third-order valence-corrected chi connectivity index (χ3v) is 4.68. The lowest BCUT2D eigenvalue weighted by Crippen LogP contribution is -2.35. The molecule has 0 aliphatic carbocycles. The van der Waals surface area contributed by atoms with Crippen LogP contribution in [0.1, 0.15) is 66.8 Å². The van der Waals surface area contributed by atoms with Crippen molar-refractivity contribution >= 4 is 11.8 Å². The van der Waals surface area contributed by atoms with Gasteiger partial charge in [-0.25, -0.2) is 9.48 Å². The number of carbonyl (C=O) groups excluding carboxylic acids is 1. The SMILES string of the molecule is CCOC(=O)c1cc2n(n1)[C@@H](C(F)(F)F)C[C@@H](c1ccc(C(C)C)cc1)N2. The highest BCUT2D eigenvalue weighted by Crippen LogP contribution is 2.43. The zero-order chi connectivity index (χ0) is 19.8. The molecule has 1 N–H and O–H groups in total. The van der Waals surface area contributed by atoms with Gasteiger partial charge in [-0.2, -0.15) is 18.3 Å². The number of fused-ring (bicyclic) bond motifs is 1. The molecule has 146 valence electrons. The Morgan fingerprint density at radius 1 is 1.33 bits per heavy atom. The van der Waals surface area contributed by atoms with Gasteiger partial charge in [0.05, 0.1) is 12.6 Å². The van der Waals surface area contributed by atoms with Crippen LogP contribution in [0.3, 0.4) is 0 Å². The molecule has 5 nitrogen and oxygen atoms in total. The summed E-state index contributed by atoms with van der Waals surface area (Å²) in [5, 5.41) is 6.92. The van der Waals surface area contributed by atoms with Crippen LogP contribution in [0.4, 0.5) is 19.0 Å². The van der Waals surface area contributed by atoms with E-state index in [1.165, 1.54) is 6.07 Å². The molecule has 0 fully saturated rings. The lowest BCUT2D eigenvalue weighted by Gasteiger charge is -2.33. The summed E-state index contributed by atoms with van der Waals surface area (Å²) in [4.78, 5) is 11.9. The van der Waals surface area contributed by atoms with Crippen LogP contribution in [-0.4, -0.2) is 28.5 Å². The molecule has 1 aromatic heterocycles. The number of ether oxygens (including phenoxy) is 1. The molecule has 8 heteroatoms. The molecule has 27 heavy (non-hydrogen) atoms. The predicted molar refractivity (Wildman–Crippen MR) is 94.8 cm³/mol. The minimum absolute atomic E-state index is 0.127. The van der Waals surface area contributed by atoms with Gasteiger partial charge in [-0.3, -0.25) is 0 Å². The fourth-order valence-corrected chi connectivity index (χ4v) is 3.21. The summed E-state index contributed by atoms with van der Waals surface area (Å²) in [7, 11) is 0. The third kappa shape index (κ3) is 3.94. The zero-order valence-electron chi connectivity index (χ0n) is 15.4. The number of nitrogens with one attached hydrogen (secondary N) is 1. The number of aromatic nitrogens is 2. The van der Waals surface area contributed by atoms with Gasteiger partial charge in [0, 0.05) is 12.5 Å². The van der Waals surface area contributed by atoms with Gasteiger partial charge in [0.1, 0.15) is 5.82 Å². The van der Waals surface area contributed by atoms with Crippen molar-refractivity contribution in [3.63, 3.8) is 0 Å². The van der Waals surface area contributed by atoms with Crippen molar-refractivity contribution in [2.45, 2.75) is 51.4 Å². The van der Waals surface area contributed by atoms with E-state index in [1.54, 1.807) is 6.92 Å². The van der Waals surface area contributed by atoms with Crippen molar-refractivity contribution in [2.75, 3.05) is 11.9 Å². The van der Waals surface area contributed by atoms with Crippen LogP contribution >= 0.6 is 0 Å². The average Bonchev–Trinajstić information content (AvgIpc) is 3.04. The summed E-state index contributed by atoms with van der Waals surface area (Å²) in [6.07, 6.45) is -4.69. The molecule has 0 bridgehead atoms. The smallest absolute Gasteiger partial charge is 0.410 e. The Bertz CT molecular complexity index is 813. The van der Waals surface area contributed by atoms with Crippen molar-refractivity contribution in [2.24, 2.45) is 0 Å². The Labute approximate surface area is 155 Å². The minimum Gasteiger partial charge on any atom is -0.461 e. The van der Waals surface area contributed by atoms with E-state index in [9.17, 15) is 18.0 Å². The molecule has 0 amide bonds. The van der Waals surface area contributed by atoms with Gasteiger partial charge in [-0.05, 0) is 24.0 Å². The first-order valence-electron chi connectivity index (χ1n) is 8.90. The molecule has 0 radical (unpaired) electrons. The van der Waals surface area contributed by atoms with Crippen molar-refractivity contribution in [3.8, 4) is 0 Å². The Morgan fingerprint density at radius 2 is 2.00 bits per heavy atom. The lowest BCUT2D eigenvalue weighted by molar-refractivity contribution is -0.173. The van der Waals surface area contributed by atoms with Crippen LogP contribution in [0, 0.1) is 0 Å². The number of alkyl halides is 3. The van der Waals surface area contributed by atoms with Crippen LogP contribution in [0.2, 0.25) is 0 Å². The van der Waals surface area contributed by atoms with Crippen LogP contribution < -0.4 is 5.32 Å². The van der Waals surface area contributed by atoms with E-state index >= 15 is 0 Å². The number of esters is 1. The summed E-state index contributed by atoms with van der Waals surface area (Å²) >= 11 is 0. The molecule has 1 aromatic carbocycles. The second kappa shape index (κ2) is 7.25. The summed E-state index contributed by atoms with van der Waals surface area (Å²) < 4.78 is 46.6. The maximum absolute atomic E-state index is 13.6. The predicted octanol–water partition coefficient (Wildman–Crippen LogP) is 4.84. The van der Waals surface area contributed by atoms with E-state index in [0.29, 0.717) is 5.92 Å². The summed E-state index contributed by atoms with van der Waals surface area (Å²) in [5.74, 6) is -0.237. The molecular formula is C19H22F3N3O2. The molecule has 0 spiro atoms. The fraction of sp³-hybridized carbons (Fsp3) is 0.474. The Kier molecular flexibility index (Phi) is 5.17. The summed E-state index contributed by atoms with van der Waals surface area (Å²) in [5.41, 5.74) is 1.75. The molecule has 0 saturated carbocycles. The summed E-state index contributed by atoms with van der Waals surface area (Å²) in [6, 6.07) is 6.52. The van der Waals surface area contributed by atoms with Crippen LogP contribution in [0.15, 0.2) is 30.3 Å². The van der Waals surface area contributed by atoms with E-state index in [1.807, 2.05) is 24.3 Å². The standard InChI is InChI=1S/C19H22F3N3O2/c1-4-27-18(26)15-10-17-23-14(9-16(19(20,21)22)25(17)24-15)13-7-5-12(6-8-13)11(2)3/h5-8,10-11,14,16,23H,4,9H2,1-3H3/t14-,16+/m0/s1. The Hall–Kier alpha value is -2.51. The van der Waals surface area contributed by atoms with Crippen molar-refractivity contribution in [1.82, 2.24) is 9.78 Å². The number of nitrogens with zero attached hydrogens (tertiary/aromatic N) is 2. The molecule has 1 aliphatic heterocycles. The molecule has 0 saturated heterocycles. The number of rotatable bonds is 4. The molecule has 2 aromatic rings. The molecule has 2 atom stereocenters. The van der Waals surface area contributed by atoms with Gasteiger partial charge >= 0.3 is 12.1 Å². The highest BCUT2D eigenvalue weighted by atomic mass is 19.4. The van der Waals surface area contributed by atoms with E-state index < -0.39 is 24.2 Å². The van der Waals surface area contributed by atoms with Crippen LogP contribution in [0.25, 0.3) is 0 Å². The van der Waals surface area contributed by atoms with Gasteiger partial charge in [0.25, 0.3) is 0 Å². The van der Waals surface area contributed by atoms with E-state index in [2.05, 4.69) is 24.3 Å². The van der Waals surface area contributed by atoms with Crippen molar-refractivity contribution in [3.05, 3.63) is 47.2 Å². The third-order valence-electron chi connectivity index (χ3n) is 4.68. The largest absolute Gasteiger partial charge is 0.461 e. The molecule has 3 rings (SSSR count). The topological polar surface area (TPSA) is 56.2 Å². The van der Waals surface area contributed by atoms with Gasteiger partial charge in [0.2, 0.25) is 0 Å². The van der Waals surface area contributed by atoms with Crippen LogP contribution in [0.5, 0.6) is 0 Å². The first-order chi connectivity index (χ1) is 12.7. The van der Waals surface area contributed by atoms with Gasteiger partial charge in [-0.1, -0.05) is 38.1 Å². The van der Waals surface area contributed by atoms with Crippen molar-refractivity contribution < 1.29 is 22.7 Å². The van der Waals surface area contributed by atoms with Gasteiger partial charge in [-0.15, -0.1) is 0 Å². The van der Waals surface area contributed by atoms with Crippen LogP contribution in [-0.2, 0) is 4.74 Å². The number of hydrogen-bond acceptors (Lipinski definition) is 4. The first-order valence-corrected chi connectivity index (χ1v) is 8.90. The summed E-state index contributed by atoms with van der Waals surface area (Å²) in [6.45, 7) is 5.87. The zero-order valence-corrected chi connectivity index (χ0v) is 15.4. The maximum Gasteiger partial charge on any atom is 0.410 e. The van der Waals surface area contributed by atoms with E-state index in [0.717, 1.165) is 15.8 Å².